The van der Waals surface area contributed by atoms with E-state index >= 15 is 0 Å². The number of furan rings is 1. The molecule has 1 N–H and O–H groups in total. The molecule has 0 aliphatic carbocycles. The largest absolute Gasteiger partial charge is 0.457 e. The molecule has 2 aromatic rings. The van der Waals surface area contributed by atoms with Crippen LogP contribution in [0.2, 0.25) is 0 Å². The Bertz CT molecular complexity index is 478. The Morgan fingerprint density at radius 1 is 1.53 bits per heavy atom. The molecule has 2 aromatic heterocycles. The highest BCUT2D eigenvalue weighted by Crippen LogP contribution is 2.30. The zero-order valence-electron chi connectivity index (χ0n) is 9.87. The molecule has 4 nitrogen and oxygen atoms in total. The number of aromatic nitrogens is 1. The predicted molar refractivity (Wildman–Crippen MR) is 68.6 cm³/mol. The van der Waals surface area contributed by atoms with Gasteiger partial charge in [0.1, 0.15) is 0 Å². The molecule has 0 saturated heterocycles. The van der Waals surface area contributed by atoms with Crippen molar-refractivity contribution in [3.63, 3.8) is 0 Å². The quantitative estimate of drug-likeness (QED) is 0.913. The fourth-order valence-corrected chi connectivity index (χ4v) is 1.97. The Balaban J connectivity index is 2.13. The number of nitrogens with zero attached hydrogens (tertiary/aromatic N) is 1. The van der Waals surface area contributed by atoms with Crippen molar-refractivity contribution in [2.24, 2.45) is 0 Å². The van der Waals surface area contributed by atoms with Gasteiger partial charge in [0.25, 0.3) is 0 Å². The number of halogens is 1. The average molecular weight is 299 g/mol. The smallest absolute Gasteiger partial charge is 0.211 e. The maximum absolute atomic E-state index is 5.70. The molecule has 0 aliphatic heterocycles. The minimum atomic E-state index is 0.120. The van der Waals surface area contributed by atoms with Gasteiger partial charge in [0.15, 0.2) is 10.4 Å². The van der Waals surface area contributed by atoms with Gasteiger partial charge in [0, 0.05) is 0 Å². The number of hydrogen-bond acceptors (Lipinski definition) is 4. The maximum atomic E-state index is 5.70. The van der Waals surface area contributed by atoms with E-state index in [1.54, 1.807) is 12.5 Å². The average Bonchev–Trinajstić information content (AvgIpc) is 2.93. The molecule has 1 atom stereocenters. The highest BCUT2D eigenvalue weighted by atomic mass is 79.9. The van der Waals surface area contributed by atoms with Crippen molar-refractivity contribution in [2.45, 2.75) is 26.3 Å². The number of oxazole rings is 1. The van der Waals surface area contributed by atoms with Crippen molar-refractivity contribution in [2.75, 3.05) is 6.54 Å². The lowest BCUT2D eigenvalue weighted by Gasteiger charge is -2.08. The first-order valence-electron chi connectivity index (χ1n) is 5.64. The van der Waals surface area contributed by atoms with E-state index in [-0.39, 0.29) is 6.04 Å². The molecule has 2 heterocycles. The molecule has 0 spiro atoms. The summed E-state index contributed by atoms with van der Waals surface area (Å²) in [6.45, 7) is 5.12. The lowest BCUT2D eigenvalue weighted by atomic mass is 10.3. The molecule has 0 aliphatic rings. The van der Waals surface area contributed by atoms with Gasteiger partial charge in [-0.05, 0) is 41.9 Å². The van der Waals surface area contributed by atoms with Crippen LogP contribution in [0.5, 0.6) is 0 Å². The summed E-state index contributed by atoms with van der Waals surface area (Å²) < 4.78 is 11.5. The third-order valence-electron chi connectivity index (χ3n) is 2.48. The fourth-order valence-electron chi connectivity index (χ4n) is 1.53. The molecular weight excluding hydrogens is 284 g/mol. The second kappa shape index (κ2) is 5.51. The van der Waals surface area contributed by atoms with E-state index in [1.165, 1.54) is 0 Å². The van der Waals surface area contributed by atoms with Gasteiger partial charge in [-0.25, -0.2) is 4.98 Å². The van der Waals surface area contributed by atoms with Crippen LogP contribution in [0.4, 0.5) is 0 Å². The van der Waals surface area contributed by atoms with E-state index < -0.39 is 0 Å². The summed E-state index contributed by atoms with van der Waals surface area (Å²) in [7, 11) is 0. The van der Waals surface area contributed by atoms with E-state index in [0.29, 0.717) is 16.3 Å². The van der Waals surface area contributed by atoms with Crippen LogP contribution in [0.25, 0.3) is 11.3 Å². The van der Waals surface area contributed by atoms with Crippen molar-refractivity contribution in [1.82, 2.24) is 10.3 Å². The highest BCUT2D eigenvalue weighted by molar-refractivity contribution is 9.10. The minimum absolute atomic E-state index is 0.120. The van der Waals surface area contributed by atoms with Gasteiger partial charge in [-0.2, -0.15) is 0 Å². The Labute approximate surface area is 109 Å². The van der Waals surface area contributed by atoms with E-state index in [4.69, 9.17) is 8.83 Å². The lowest BCUT2D eigenvalue weighted by Crippen LogP contribution is -2.19. The van der Waals surface area contributed by atoms with Crippen LogP contribution >= 0.6 is 15.9 Å². The Kier molecular flexibility index (Phi) is 4.02. The third kappa shape index (κ3) is 2.79. The van der Waals surface area contributed by atoms with Gasteiger partial charge in [0.05, 0.1) is 24.1 Å². The van der Waals surface area contributed by atoms with E-state index in [2.05, 4.69) is 33.2 Å². The first-order valence-corrected chi connectivity index (χ1v) is 6.44. The highest BCUT2D eigenvalue weighted by Gasteiger charge is 2.15. The van der Waals surface area contributed by atoms with E-state index in [9.17, 15) is 0 Å². The van der Waals surface area contributed by atoms with Crippen molar-refractivity contribution >= 4 is 15.9 Å². The molecule has 0 amide bonds. The number of rotatable bonds is 5. The van der Waals surface area contributed by atoms with Crippen LogP contribution in [-0.4, -0.2) is 11.5 Å². The molecule has 1 unspecified atom stereocenters. The van der Waals surface area contributed by atoms with Gasteiger partial charge < -0.3 is 14.2 Å². The topological polar surface area (TPSA) is 51.2 Å². The Hall–Kier alpha value is -1.07. The number of hydrogen-bond donors (Lipinski definition) is 1. The molecule has 0 fully saturated rings. The van der Waals surface area contributed by atoms with Crippen LogP contribution in [-0.2, 0) is 0 Å². The van der Waals surface area contributed by atoms with Gasteiger partial charge in [0.2, 0.25) is 5.89 Å². The van der Waals surface area contributed by atoms with Gasteiger partial charge in [-0.3, -0.25) is 0 Å². The van der Waals surface area contributed by atoms with Crippen LogP contribution < -0.4 is 5.32 Å². The number of nitrogens with one attached hydrogen (secondary N) is 1. The molecule has 5 heteroatoms. The van der Waals surface area contributed by atoms with Crippen LogP contribution in [0, 0.1) is 0 Å². The van der Waals surface area contributed by atoms with Crippen molar-refractivity contribution < 1.29 is 8.83 Å². The Morgan fingerprint density at radius 3 is 3.00 bits per heavy atom. The zero-order chi connectivity index (χ0) is 12.3. The molecule has 0 radical (unpaired) electrons. The second-order valence-electron chi connectivity index (χ2n) is 3.85. The molecule has 92 valence electrons. The van der Waals surface area contributed by atoms with Crippen molar-refractivity contribution in [1.29, 1.82) is 0 Å². The van der Waals surface area contributed by atoms with E-state index in [0.717, 1.165) is 18.5 Å². The summed E-state index contributed by atoms with van der Waals surface area (Å²) >= 11 is 3.32. The molecule has 0 bridgehead atoms. The summed E-state index contributed by atoms with van der Waals surface area (Å²) in [6.07, 6.45) is 4.42. The summed E-state index contributed by atoms with van der Waals surface area (Å²) in [4.78, 5) is 4.27. The Morgan fingerprint density at radius 2 is 2.35 bits per heavy atom. The summed E-state index contributed by atoms with van der Waals surface area (Å²) in [5.74, 6) is 1.41. The minimum Gasteiger partial charge on any atom is -0.457 e. The van der Waals surface area contributed by atoms with Gasteiger partial charge >= 0.3 is 0 Å². The fraction of sp³-hybridized carbons (Fsp3) is 0.417. The summed E-state index contributed by atoms with van der Waals surface area (Å²) in [5, 5.41) is 3.33. The first-order chi connectivity index (χ1) is 8.22. The first kappa shape index (κ1) is 12.4. The molecule has 0 aromatic carbocycles. The lowest BCUT2D eigenvalue weighted by molar-refractivity contribution is 0.422. The monoisotopic (exact) mass is 298 g/mol. The van der Waals surface area contributed by atoms with Crippen LogP contribution in [0.3, 0.4) is 0 Å². The second-order valence-corrected chi connectivity index (χ2v) is 4.57. The molecular formula is C12H15BrN2O2. The van der Waals surface area contributed by atoms with Crippen LogP contribution in [0.1, 0.15) is 32.2 Å². The van der Waals surface area contributed by atoms with E-state index in [1.807, 2.05) is 13.0 Å². The molecule has 0 saturated carbocycles. The van der Waals surface area contributed by atoms with Crippen molar-refractivity contribution in [3.8, 4) is 11.3 Å². The SMILES string of the molecule is CCCNC(C)c1ncc(-c2ccoc2Br)o1. The third-order valence-corrected chi connectivity index (χ3v) is 3.09. The van der Waals surface area contributed by atoms with Gasteiger partial charge in [-0.1, -0.05) is 6.92 Å². The van der Waals surface area contributed by atoms with Crippen molar-refractivity contribution in [3.05, 3.63) is 29.1 Å². The molecule has 2 rings (SSSR count). The van der Waals surface area contributed by atoms with Gasteiger partial charge in [-0.15, -0.1) is 0 Å². The standard InChI is InChI=1S/C12H15BrN2O2/c1-3-5-14-8(2)12-15-7-10(17-12)9-4-6-16-11(9)13/h4,6-8,14H,3,5H2,1-2H3. The zero-order valence-corrected chi connectivity index (χ0v) is 11.5. The molecule has 17 heavy (non-hydrogen) atoms. The summed E-state index contributed by atoms with van der Waals surface area (Å²) in [6, 6.07) is 1.97. The predicted octanol–water partition coefficient (Wildman–Crippen LogP) is 3.76. The normalized spacial score (nSPS) is 12.9. The maximum Gasteiger partial charge on any atom is 0.211 e. The summed E-state index contributed by atoms with van der Waals surface area (Å²) in [5.41, 5.74) is 0.881. The van der Waals surface area contributed by atoms with Crippen LogP contribution in [0.15, 0.2) is 32.0 Å².